The molecule has 7 heteroatoms. The first-order chi connectivity index (χ1) is 10.9. The number of hydrogen-bond donors (Lipinski definition) is 0. The molecule has 0 aliphatic heterocycles. The second-order valence-corrected chi connectivity index (χ2v) is 5.48. The van der Waals surface area contributed by atoms with Crippen LogP contribution in [0.5, 0.6) is 0 Å². The Morgan fingerprint density at radius 1 is 1.23 bits per heavy atom. The highest BCUT2D eigenvalue weighted by Crippen LogP contribution is 2.26. The van der Waals surface area contributed by atoms with E-state index in [9.17, 15) is 0 Å². The lowest BCUT2D eigenvalue weighted by atomic mass is 10.4. The summed E-state index contributed by atoms with van der Waals surface area (Å²) in [7, 11) is 1.68. The normalized spacial score (nSPS) is 11.0. The first-order valence-corrected chi connectivity index (χ1v) is 7.86. The van der Waals surface area contributed by atoms with Gasteiger partial charge < -0.3 is 9.15 Å². The molecule has 6 nitrogen and oxygen atoms in total. The van der Waals surface area contributed by atoms with Crippen LogP contribution in [0, 0.1) is 0 Å². The summed E-state index contributed by atoms with van der Waals surface area (Å²) in [6.45, 7) is 1.26. The van der Waals surface area contributed by atoms with Crippen LogP contribution in [0.4, 0.5) is 0 Å². The molecule has 0 aliphatic rings. The predicted molar refractivity (Wildman–Crippen MR) is 83.4 cm³/mol. The van der Waals surface area contributed by atoms with Crippen LogP contribution in [0.2, 0.25) is 0 Å². The first kappa shape index (κ1) is 14.8. The molecule has 0 saturated carbocycles. The summed E-state index contributed by atoms with van der Waals surface area (Å²) in [5.41, 5.74) is 1.01. The molecule has 0 spiro atoms. The van der Waals surface area contributed by atoms with Crippen molar-refractivity contribution in [2.75, 3.05) is 13.7 Å². The second kappa shape index (κ2) is 7.24. The smallest absolute Gasteiger partial charge is 0.200 e. The van der Waals surface area contributed by atoms with Gasteiger partial charge in [-0.15, -0.1) is 10.2 Å². The molecule has 0 atom stereocenters. The lowest BCUT2D eigenvalue weighted by Crippen LogP contribution is -2.07. The minimum absolute atomic E-state index is 0.586. The average Bonchev–Trinajstić information content (AvgIpc) is 3.21. The van der Waals surface area contributed by atoms with E-state index < -0.39 is 0 Å². The van der Waals surface area contributed by atoms with Crippen molar-refractivity contribution in [3.63, 3.8) is 0 Å². The van der Waals surface area contributed by atoms with Gasteiger partial charge in [-0.25, -0.2) is 0 Å². The monoisotopic (exact) mass is 316 g/mol. The van der Waals surface area contributed by atoms with Crippen LogP contribution in [0.3, 0.4) is 0 Å². The van der Waals surface area contributed by atoms with E-state index in [0.29, 0.717) is 24.7 Å². The molecule has 3 aromatic rings. The highest BCUT2D eigenvalue weighted by molar-refractivity contribution is 7.98. The molecule has 0 N–H and O–H groups in total. The molecule has 3 aromatic heterocycles. The standard InChI is InChI=1S/C15H16N4O2S/c1-20-10-8-19-14(13-6-4-9-21-13)17-18-15(19)22-11-12-5-2-3-7-16-12/h2-7,9H,8,10-11H2,1H3. The third kappa shape index (κ3) is 3.37. The molecule has 3 heterocycles. The third-order valence-electron chi connectivity index (χ3n) is 3.05. The van der Waals surface area contributed by atoms with Gasteiger partial charge in [0.2, 0.25) is 5.82 Å². The molecule has 0 fully saturated rings. The van der Waals surface area contributed by atoms with E-state index in [0.717, 1.165) is 16.6 Å². The molecule has 0 bridgehead atoms. The molecule has 0 unspecified atom stereocenters. The first-order valence-electron chi connectivity index (χ1n) is 6.87. The van der Waals surface area contributed by atoms with Crippen molar-refractivity contribution in [1.82, 2.24) is 19.7 Å². The summed E-state index contributed by atoms with van der Waals surface area (Å²) in [6.07, 6.45) is 3.42. The van der Waals surface area contributed by atoms with Gasteiger partial charge in [0, 0.05) is 19.1 Å². The number of pyridine rings is 1. The van der Waals surface area contributed by atoms with Gasteiger partial charge in [-0.3, -0.25) is 9.55 Å². The van der Waals surface area contributed by atoms with E-state index in [-0.39, 0.29) is 0 Å². The van der Waals surface area contributed by atoms with Gasteiger partial charge in [0.25, 0.3) is 0 Å². The molecule has 0 radical (unpaired) electrons. The Hall–Kier alpha value is -2.12. The number of ether oxygens (including phenoxy) is 1. The number of nitrogens with zero attached hydrogens (tertiary/aromatic N) is 4. The van der Waals surface area contributed by atoms with E-state index >= 15 is 0 Å². The molecule has 22 heavy (non-hydrogen) atoms. The average molecular weight is 316 g/mol. The zero-order valence-corrected chi connectivity index (χ0v) is 13.0. The minimum atomic E-state index is 0.586. The predicted octanol–water partition coefficient (Wildman–Crippen LogP) is 2.87. The van der Waals surface area contributed by atoms with Crippen molar-refractivity contribution >= 4 is 11.8 Å². The van der Waals surface area contributed by atoms with Crippen LogP contribution in [-0.2, 0) is 17.0 Å². The van der Waals surface area contributed by atoms with E-state index in [4.69, 9.17) is 9.15 Å². The number of aromatic nitrogens is 4. The summed E-state index contributed by atoms with van der Waals surface area (Å²) < 4.78 is 12.6. The maximum atomic E-state index is 5.43. The summed E-state index contributed by atoms with van der Waals surface area (Å²) in [6, 6.07) is 9.60. The minimum Gasteiger partial charge on any atom is -0.461 e. The number of methoxy groups -OCH3 is 1. The van der Waals surface area contributed by atoms with Gasteiger partial charge in [-0.1, -0.05) is 17.8 Å². The summed E-state index contributed by atoms with van der Waals surface area (Å²) in [5, 5.41) is 9.35. The SMILES string of the molecule is COCCn1c(SCc2ccccn2)nnc1-c1ccco1. The van der Waals surface area contributed by atoms with Crippen molar-refractivity contribution in [1.29, 1.82) is 0 Å². The molecular weight excluding hydrogens is 300 g/mol. The summed E-state index contributed by atoms with van der Waals surface area (Å²) in [5.74, 6) is 2.16. The van der Waals surface area contributed by atoms with Gasteiger partial charge >= 0.3 is 0 Å². The number of thioether (sulfide) groups is 1. The van der Waals surface area contributed by atoms with Crippen molar-refractivity contribution < 1.29 is 9.15 Å². The van der Waals surface area contributed by atoms with E-state index in [1.807, 2.05) is 34.9 Å². The molecule has 0 aromatic carbocycles. The second-order valence-electron chi connectivity index (χ2n) is 4.54. The highest BCUT2D eigenvalue weighted by atomic mass is 32.2. The number of hydrogen-bond acceptors (Lipinski definition) is 6. The quantitative estimate of drug-likeness (QED) is 0.624. The van der Waals surface area contributed by atoms with Gasteiger partial charge in [0.1, 0.15) is 0 Å². The van der Waals surface area contributed by atoms with Gasteiger partial charge in [-0.2, -0.15) is 0 Å². The number of rotatable bonds is 7. The molecule has 0 amide bonds. The maximum Gasteiger partial charge on any atom is 0.200 e. The molecule has 114 valence electrons. The Labute approximate surface area is 132 Å². The van der Waals surface area contributed by atoms with Crippen LogP contribution in [0.1, 0.15) is 5.69 Å². The largest absolute Gasteiger partial charge is 0.461 e. The molecule has 0 saturated heterocycles. The molecule has 0 aliphatic carbocycles. The van der Waals surface area contributed by atoms with Gasteiger partial charge in [-0.05, 0) is 24.3 Å². The Morgan fingerprint density at radius 2 is 2.18 bits per heavy atom. The van der Waals surface area contributed by atoms with Crippen LogP contribution >= 0.6 is 11.8 Å². The Morgan fingerprint density at radius 3 is 2.91 bits per heavy atom. The van der Waals surface area contributed by atoms with Gasteiger partial charge in [0.15, 0.2) is 10.9 Å². The van der Waals surface area contributed by atoms with E-state index in [1.165, 1.54) is 0 Å². The lowest BCUT2D eigenvalue weighted by Gasteiger charge is -2.08. The van der Waals surface area contributed by atoms with Crippen LogP contribution in [0.15, 0.2) is 52.4 Å². The van der Waals surface area contributed by atoms with Crippen molar-refractivity contribution in [2.45, 2.75) is 17.5 Å². The Kier molecular flexibility index (Phi) is 4.87. The van der Waals surface area contributed by atoms with E-state index in [1.54, 1.807) is 31.3 Å². The zero-order valence-electron chi connectivity index (χ0n) is 12.2. The van der Waals surface area contributed by atoms with Gasteiger partial charge in [0.05, 0.1) is 25.1 Å². The van der Waals surface area contributed by atoms with Crippen molar-refractivity contribution in [3.8, 4) is 11.6 Å². The fraction of sp³-hybridized carbons (Fsp3) is 0.267. The zero-order chi connectivity index (χ0) is 15.2. The summed E-state index contributed by atoms with van der Waals surface area (Å²) in [4.78, 5) is 4.32. The Bertz CT molecular complexity index is 698. The fourth-order valence-corrected chi connectivity index (χ4v) is 2.87. The Balaban J connectivity index is 1.81. The highest BCUT2D eigenvalue weighted by Gasteiger charge is 2.16. The number of furan rings is 1. The lowest BCUT2D eigenvalue weighted by molar-refractivity contribution is 0.185. The van der Waals surface area contributed by atoms with Crippen LogP contribution in [-0.4, -0.2) is 33.5 Å². The van der Waals surface area contributed by atoms with Crippen molar-refractivity contribution in [3.05, 3.63) is 48.5 Å². The van der Waals surface area contributed by atoms with Crippen LogP contribution < -0.4 is 0 Å². The van der Waals surface area contributed by atoms with E-state index in [2.05, 4.69) is 15.2 Å². The van der Waals surface area contributed by atoms with Crippen LogP contribution in [0.25, 0.3) is 11.6 Å². The topological polar surface area (TPSA) is 66.0 Å². The summed E-state index contributed by atoms with van der Waals surface area (Å²) >= 11 is 1.60. The maximum absolute atomic E-state index is 5.43. The molecule has 3 rings (SSSR count). The fourth-order valence-electron chi connectivity index (χ4n) is 1.99. The third-order valence-corrected chi connectivity index (χ3v) is 4.05. The molecular formula is C15H16N4O2S. The van der Waals surface area contributed by atoms with Crippen molar-refractivity contribution in [2.24, 2.45) is 0 Å².